The molecule has 0 bridgehead atoms. The predicted octanol–water partition coefficient (Wildman–Crippen LogP) is 3.91. The number of rotatable bonds is 4. The van der Waals surface area contributed by atoms with Gasteiger partial charge in [0.25, 0.3) is 0 Å². The molecule has 5 nitrogen and oxygen atoms in total. The topological polar surface area (TPSA) is 64.6 Å². The van der Waals surface area contributed by atoms with Crippen LogP contribution in [-0.2, 0) is 16.1 Å². The largest absolute Gasteiger partial charge is 0.423 e. The fraction of sp³-hybridized carbons (Fsp3) is 0.263. The molecule has 1 aliphatic rings. The lowest BCUT2D eigenvalue weighted by Gasteiger charge is -2.23. The fourth-order valence-corrected chi connectivity index (χ4v) is 2.61. The van der Waals surface area contributed by atoms with E-state index in [1.165, 1.54) is 0 Å². The van der Waals surface area contributed by atoms with Crippen LogP contribution in [0.3, 0.4) is 0 Å². The normalized spacial score (nSPS) is 11.8. The number of para-hydroxylation sites is 1. The number of anilines is 1. The van der Waals surface area contributed by atoms with Crippen molar-refractivity contribution in [2.24, 2.45) is 0 Å². The van der Waals surface area contributed by atoms with Gasteiger partial charge in [0.1, 0.15) is 0 Å². The van der Waals surface area contributed by atoms with Gasteiger partial charge in [-0.15, -0.1) is 0 Å². The number of fused-ring (bicyclic) bond motifs is 3. The minimum Gasteiger partial charge on any atom is -0.423 e. The van der Waals surface area contributed by atoms with Gasteiger partial charge in [0.2, 0.25) is 0 Å². The molecular weight excluding hydrogens is 306 g/mol. The summed E-state index contributed by atoms with van der Waals surface area (Å²) >= 11 is 0. The van der Waals surface area contributed by atoms with E-state index in [0.29, 0.717) is 6.54 Å². The molecular formula is C19H19NO4. The maximum Gasteiger partial charge on any atom is 0.311 e. The van der Waals surface area contributed by atoms with Gasteiger partial charge in [-0.2, -0.15) is 0 Å². The van der Waals surface area contributed by atoms with Crippen LogP contribution < -0.4 is 14.8 Å². The van der Waals surface area contributed by atoms with E-state index in [1.807, 2.05) is 24.3 Å². The first-order valence-corrected chi connectivity index (χ1v) is 8.04. The Balaban J connectivity index is 2.08. The number of nitrogens with one attached hydrogen (secondary N) is 1. The van der Waals surface area contributed by atoms with Crippen LogP contribution in [0, 0.1) is 0 Å². The molecule has 0 saturated heterocycles. The van der Waals surface area contributed by atoms with Crippen LogP contribution in [-0.4, -0.2) is 11.9 Å². The molecule has 0 saturated carbocycles. The second-order valence-corrected chi connectivity index (χ2v) is 5.51. The van der Waals surface area contributed by atoms with Crippen molar-refractivity contribution in [3.63, 3.8) is 0 Å². The Morgan fingerprint density at radius 2 is 1.58 bits per heavy atom. The number of ether oxygens (including phenoxy) is 2. The smallest absolute Gasteiger partial charge is 0.311 e. The molecule has 0 unspecified atom stereocenters. The Bertz CT molecular complexity index is 798. The second-order valence-electron chi connectivity index (χ2n) is 5.51. The molecule has 5 heteroatoms. The number of carbonyl (C=O) groups is 2. The van der Waals surface area contributed by atoms with Crippen LogP contribution in [0.15, 0.2) is 36.4 Å². The van der Waals surface area contributed by atoms with Crippen LogP contribution in [0.25, 0.3) is 11.1 Å². The maximum atomic E-state index is 11.7. The SMILES string of the molecule is CCC(=O)Oc1cc2c(cc1OC(=O)CC)-c1ccccc1NC2. The third-order valence-corrected chi connectivity index (χ3v) is 3.88. The Morgan fingerprint density at radius 1 is 0.958 bits per heavy atom. The molecule has 0 aromatic heterocycles. The zero-order chi connectivity index (χ0) is 17.1. The van der Waals surface area contributed by atoms with E-state index in [2.05, 4.69) is 5.32 Å². The minimum absolute atomic E-state index is 0.246. The highest BCUT2D eigenvalue weighted by Crippen LogP contribution is 2.41. The standard InChI is InChI=1S/C19H19NO4/c1-3-18(21)23-16-9-12-11-20-15-8-6-5-7-13(15)14(12)10-17(16)24-19(22)4-2/h5-10,20H,3-4,11H2,1-2H3. The molecule has 1 heterocycles. The van der Waals surface area contributed by atoms with E-state index in [4.69, 9.17) is 9.47 Å². The number of carbonyl (C=O) groups excluding carboxylic acids is 2. The van der Waals surface area contributed by atoms with E-state index in [0.717, 1.165) is 22.4 Å². The third kappa shape index (κ3) is 3.11. The lowest BCUT2D eigenvalue weighted by molar-refractivity contribution is -0.136. The van der Waals surface area contributed by atoms with E-state index in [1.54, 1.807) is 26.0 Å². The number of benzene rings is 2. The quantitative estimate of drug-likeness (QED) is 0.682. The average Bonchev–Trinajstić information content (AvgIpc) is 2.61. The second kappa shape index (κ2) is 6.74. The van der Waals surface area contributed by atoms with Gasteiger partial charge < -0.3 is 14.8 Å². The van der Waals surface area contributed by atoms with Crippen LogP contribution in [0.2, 0.25) is 0 Å². The zero-order valence-corrected chi connectivity index (χ0v) is 13.7. The van der Waals surface area contributed by atoms with Crippen molar-refractivity contribution in [3.05, 3.63) is 42.0 Å². The van der Waals surface area contributed by atoms with Gasteiger partial charge in [-0.3, -0.25) is 9.59 Å². The Morgan fingerprint density at radius 3 is 2.25 bits per heavy atom. The monoisotopic (exact) mass is 325 g/mol. The van der Waals surface area contributed by atoms with Gasteiger partial charge in [0.15, 0.2) is 11.5 Å². The van der Waals surface area contributed by atoms with Crippen molar-refractivity contribution >= 4 is 17.6 Å². The van der Waals surface area contributed by atoms with Gasteiger partial charge in [-0.05, 0) is 29.3 Å². The highest BCUT2D eigenvalue weighted by Gasteiger charge is 2.21. The van der Waals surface area contributed by atoms with Crippen molar-refractivity contribution in [2.45, 2.75) is 33.2 Å². The van der Waals surface area contributed by atoms with E-state index < -0.39 is 0 Å². The van der Waals surface area contributed by atoms with Crippen LogP contribution >= 0.6 is 0 Å². The summed E-state index contributed by atoms with van der Waals surface area (Å²) in [4.78, 5) is 23.4. The van der Waals surface area contributed by atoms with Gasteiger partial charge in [0.05, 0.1) is 0 Å². The summed E-state index contributed by atoms with van der Waals surface area (Å²) in [6, 6.07) is 11.5. The number of hydrogen-bond acceptors (Lipinski definition) is 5. The molecule has 1 aliphatic heterocycles. The summed E-state index contributed by atoms with van der Waals surface area (Å²) in [5.74, 6) is -0.179. The first-order chi connectivity index (χ1) is 11.6. The Kier molecular flexibility index (Phi) is 4.51. The molecule has 0 fully saturated rings. The van der Waals surface area contributed by atoms with Gasteiger partial charge in [-0.1, -0.05) is 32.0 Å². The Labute approximate surface area is 140 Å². The molecule has 3 rings (SSSR count). The molecule has 0 spiro atoms. The maximum absolute atomic E-state index is 11.7. The highest BCUT2D eigenvalue weighted by molar-refractivity contribution is 5.86. The van der Waals surface area contributed by atoms with Crippen molar-refractivity contribution in [3.8, 4) is 22.6 Å². The fourth-order valence-electron chi connectivity index (χ4n) is 2.61. The molecule has 2 aromatic rings. The molecule has 0 atom stereocenters. The molecule has 124 valence electrons. The molecule has 0 amide bonds. The molecule has 1 N–H and O–H groups in total. The first-order valence-electron chi connectivity index (χ1n) is 8.04. The van der Waals surface area contributed by atoms with Crippen LogP contribution in [0.5, 0.6) is 11.5 Å². The molecule has 2 aromatic carbocycles. The first kappa shape index (κ1) is 16.1. The van der Waals surface area contributed by atoms with Crippen LogP contribution in [0.4, 0.5) is 5.69 Å². The average molecular weight is 325 g/mol. The number of hydrogen-bond donors (Lipinski definition) is 1. The van der Waals surface area contributed by atoms with Crippen molar-refractivity contribution in [2.75, 3.05) is 5.32 Å². The van der Waals surface area contributed by atoms with Crippen molar-refractivity contribution in [1.29, 1.82) is 0 Å². The van der Waals surface area contributed by atoms with Gasteiger partial charge in [-0.25, -0.2) is 0 Å². The molecule has 24 heavy (non-hydrogen) atoms. The molecule has 0 aliphatic carbocycles. The highest BCUT2D eigenvalue weighted by atomic mass is 16.6. The van der Waals surface area contributed by atoms with Gasteiger partial charge >= 0.3 is 11.9 Å². The number of esters is 2. The van der Waals surface area contributed by atoms with Crippen molar-refractivity contribution < 1.29 is 19.1 Å². The summed E-state index contributed by atoms with van der Waals surface area (Å²) < 4.78 is 10.7. The van der Waals surface area contributed by atoms with E-state index in [-0.39, 0.29) is 36.3 Å². The third-order valence-electron chi connectivity index (χ3n) is 3.88. The summed E-state index contributed by atoms with van der Waals surface area (Å²) in [5.41, 5.74) is 4.01. The minimum atomic E-state index is -0.369. The summed E-state index contributed by atoms with van der Waals surface area (Å²) in [6.45, 7) is 4.05. The molecule has 0 radical (unpaired) electrons. The lowest BCUT2D eigenvalue weighted by atomic mass is 9.94. The van der Waals surface area contributed by atoms with Gasteiger partial charge in [0, 0.05) is 30.6 Å². The lowest BCUT2D eigenvalue weighted by Crippen LogP contribution is -2.13. The van der Waals surface area contributed by atoms with Crippen LogP contribution in [0.1, 0.15) is 32.3 Å². The Hall–Kier alpha value is -2.82. The van der Waals surface area contributed by atoms with Crippen molar-refractivity contribution in [1.82, 2.24) is 0 Å². The zero-order valence-electron chi connectivity index (χ0n) is 13.7. The predicted molar refractivity (Wildman–Crippen MR) is 91.1 cm³/mol. The summed E-state index contributed by atoms with van der Waals surface area (Å²) in [7, 11) is 0. The summed E-state index contributed by atoms with van der Waals surface area (Å²) in [5, 5.41) is 3.34. The van der Waals surface area contributed by atoms with E-state index >= 15 is 0 Å². The summed E-state index contributed by atoms with van der Waals surface area (Å²) in [6.07, 6.45) is 0.496. The van der Waals surface area contributed by atoms with E-state index in [9.17, 15) is 9.59 Å².